The summed E-state index contributed by atoms with van der Waals surface area (Å²) in [6.07, 6.45) is 0. The summed E-state index contributed by atoms with van der Waals surface area (Å²) in [5.74, 6) is 1.85. The Balaban J connectivity index is 1.16. The maximum absolute atomic E-state index is 6.38. The molecular formula is C45H29N3O. The van der Waals surface area contributed by atoms with Gasteiger partial charge in [0.05, 0.1) is 0 Å². The molecule has 0 saturated heterocycles. The fraction of sp³-hybridized carbons (Fsp3) is 0. The van der Waals surface area contributed by atoms with E-state index in [2.05, 4.69) is 146 Å². The van der Waals surface area contributed by atoms with Gasteiger partial charge in [-0.3, -0.25) is 0 Å². The zero-order chi connectivity index (χ0) is 32.6. The van der Waals surface area contributed by atoms with Gasteiger partial charge in [-0.2, -0.15) is 0 Å². The van der Waals surface area contributed by atoms with Crippen LogP contribution in [0.5, 0.6) is 0 Å². The number of benzene rings is 7. The second kappa shape index (κ2) is 12.2. The smallest absolute Gasteiger partial charge is 0.164 e. The first-order valence-corrected chi connectivity index (χ1v) is 16.4. The highest BCUT2D eigenvalue weighted by Gasteiger charge is 2.16. The first-order chi connectivity index (χ1) is 24.3. The van der Waals surface area contributed by atoms with Gasteiger partial charge in [0, 0.05) is 33.0 Å². The van der Waals surface area contributed by atoms with E-state index in [4.69, 9.17) is 19.4 Å². The number of furan rings is 1. The van der Waals surface area contributed by atoms with E-state index in [1.54, 1.807) is 0 Å². The molecule has 2 heterocycles. The van der Waals surface area contributed by atoms with Crippen LogP contribution in [0.2, 0.25) is 0 Å². The molecule has 9 aromatic rings. The average Bonchev–Trinajstić information content (AvgIpc) is 3.58. The fourth-order valence-corrected chi connectivity index (χ4v) is 6.45. The summed E-state index contributed by atoms with van der Waals surface area (Å²) in [7, 11) is 0. The van der Waals surface area contributed by atoms with E-state index in [1.165, 1.54) is 11.1 Å². The summed E-state index contributed by atoms with van der Waals surface area (Å²) in [6.45, 7) is 0. The van der Waals surface area contributed by atoms with Crippen molar-refractivity contribution in [2.75, 3.05) is 0 Å². The molecule has 0 N–H and O–H groups in total. The van der Waals surface area contributed by atoms with Crippen molar-refractivity contribution in [2.45, 2.75) is 0 Å². The highest BCUT2D eigenvalue weighted by atomic mass is 16.3. The summed E-state index contributed by atoms with van der Waals surface area (Å²) >= 11 is 0. The van der Waals surface area contributed by atoms with Crippen molar-refractivity contribution in [1.29, 1.82) is 0 Å². The molecule has 2 aromatic heterocycles. The molecule has 0 bridgehead atoms. The van der Waals surface area contributed by atoms with Crippen molar-refractivity contribution < 1.29 is 4.42 Å². The highest BCUT2D eigenvalue weighted by Crippen LogP contribution is 2.37. The Bertz CT molecular complexity index is 2470. The number of rotatable bonds is 6. The van der Waals surface area contributed by atoms with E-state index in [-0.39, 0.29) is 0 Å². The summed E-state index contributed by atoms with van der Waals surface area (Å²) < 4.78 is 6.38. The van der Waals surface area contributed by atoms with Gasteiger partial charge < -0.3 is 4.42 Å². The minimum atomic E-state index is 0.609. The third-order valence-electron chi connectivity index (χ3n) is 8.97. The number of aromatic nitrogens is 3. The van der Waals surface area contributed by atoms with Gasteiger partial charge in [-0.1, -0.05) is 164 Å². The second-order valence-corrected chi connectivity index (χ2v) is 12.1. The van der Waals surface area contributed by atoms with Crippen LogP contribution in [-0.2, 0) is 0 Å². The van der Waals surface area contributed by atoms with Crippen LogP contribution in [0.25, 0.3) is 89.5 Å². The molecule has 0 fully saturated rings. The van der Waals surface area contributed by atoms with Crippen LogP contribution < -0.4 is 0 Å². The van der Waals surface area contributed by atoms with Gasteiger partial charge in [-0.05, 0) is 39.9 Å². The lowest BCUT2D eigenvalue weighted by atomic mass is 10.00. The SMILES string of the molecule is c1ccc(-c2ccc(-c3nc(-c4ccc(-c5ccccc5)cc4)nc(-c4cccc(-c5cccc6c5oc5ccccc56)c4)n3)cc2)cc1. The molecule has 9 rings (SSSR count). The predicted molar refractivity (Wildman–Crippen MR) is 200 cm³/mol. The Labute approximate surface area is 284 Å². The quantitative estimate of drug-likeness (QED) is 0.184. The van der Waals surface area contributed by atoms with Gasteiger partial charge in [0.2, 0.25) is 0 Å². The lowest BCUT2D eigenvalue weighted by Gasteiger charge is -2.11. The predicted octanol–water partition coefficient (Wildman–Crippen LogP) is 11.8. The van der Waals surface area contributed by atoms with Gasteiger partial charge in [0.25, 0.3) is 0 Å². The highest BCUT2D eigenvalue weighted by molar-refractivity contribution is 6.09. The molecule has 0 aliphatic heterocycles. The van der Waals surface area contributed by atoms with Crippen LogP contribution in [0.1, 0.15) is 0 Å². The summed E-state index contributed by atoms with van der Waals surface area (Å²) in [5.41, 5.74) is 11.2. The summed E-state index contributed by atoms with van der Waals surface area (Å²) in [5, 5.41) is 2.21. The first-order valence-electron chi connectivity index (χ1n) is 16.4. The zero-order valence-electron chi connectivity index (χ0n) is 26.5. The third kappa shape index (κ3) is 5.45. The maximum atomic E-state index is 6.38. The molecule has 49 heavy (non-hydrogen) atoms. The Morgan fingerprint density at radius 3 is 1.35 bits per heavy atom. The number of hydrogen-bond acceptors (Lipinski definition) is 4. The van der Waals surface area contributed by atoms with Crippen LogP contribution in [0.3, 0.4) is 0 Å². The van der Waals surface area contributed by atoms with Gasteiger partial charge in [-0.15, -0.1) is 0 Å². The lowest BCUT2D eigenvalue weighted by molar-refractivity contribution is 0.670. The van der Waals surface area contributed by atoms with Gasteiger partial charge in [-0.25, -0.2) is 15.0 Å². The molecule has 0 unspecified atom stereocenters. The average molecular weight is 628 g/mol. The first kappa shape index (κ1) is 28.6. The van der Waals surface area contributed by atoms with Crippen molar-refractivity contribution >= 4 is 21.9 Å². The van der Waals surface area contributed by atoms with Crippen molar-refractivity contribution in [3.8, 4) is 67.5 Å². The lowest BCUT2D eigenvalue weighted by Crippen LogP contribution is -2.00. The molecular weight excluding hydrogens is 599 g/mol. The zero-order valence-corrected chi connectivity index (χ0v) is 26.5. The minimum absolute atomic E-state index is 0.609. The molecule has 0 spiro atoms. The van der Waals surface area contributed by atoms with Crippen molar-refractivity contribution in [3.63, 3.8) is 0 Å². The molecule has 230 valence electrons. The molecule has 7 aromatic carbocycles. The van der Waals surface area contributed by atoms with E-state index in [0.29, 0.717) is 17.5 Å². The number of nitrogens with zero attached hydrogens (tertiary/aromatic N) is 3. The molecule has 0 atom stereocenters. The van der Waals surface area contributed by atoms with Gasteiger partial charge in [0.1, 0.15) is 11.2 Å². The Morgan fingerprint density at radius 1 is 0.306 bits per heavy atom. The number of hydrogen-bond donors (Lipinski definition) is 0. The van der Waals surface area contributed by atoms with E-state index < -0.39 is 0 Å². The molecule has 0 aliphatic carbocycles. The Morgan fingerprint density at radius 2 is 0.735 bits per heavy atom. The minimum Gasteiger partial charge on any atom is -0.455 e. The van der Waals surface area contributed by atoms with Gasteiger partial charge in [0.15, 0.2) is 17.5 Å². The van der Waals surface area contributed by atoms with Crippen LogP contribution in [-0.4, -0.2) is 15.0 Å². The normalized spacial score (nSPS) is 11.3. The van der Waals surface area contributed by atoms with E-state index in [9.17, 15) is 0 Å². The van der Waals surface area contributed by atoms with Gasteiger partial charge >= 0.3 is 0 Å². The summed E-state index contributed by atoms with van der Waals surface area (Å²) in [6, 6.07) is 60.4. The van der Waals surface area contributed by atoms with Crippen molar-refractivity contribution in [1.82, 2.24) is 15.0 Å². The molecule has 0 radical (unpaired) electrons. The van der Waals surface area contributed by atoms with Crippen LogP contribution in [0.15, 0.2) is 180 Å². The second-order valence-electron chi connectivity index (χ2n) is 12.1. The van der Waals surface area contributed by atoms with Crippen LogP contribution >= 0.6 is 0 Å². The standard InChI is InChI=1S/C45H29N3O/c1-3-11-30(12-4-1)32-21-25-34(26-22-32)43-46-44(35-27-23-33(24-28-35)31-13-5-2-6-14-31)48-45(47-43)37-16-9-15-36(29-37)38-18-10-19-40-39-17-7-8-20-41(39)49-42(38)40/h1-29H. The number of para-hydroxylation sites is 2. The topological polar surface area (TPSA) is 51.8 Å². The van der Waals surface area contributed by atoms with Crippen LogP contribution in [0.4, 0.5) is 0 Å². The Hall–Kier alpha value is -6.65. The monoisotopic (exact) mass is 627 g/mol. The molecule has 0 aliphatic rings. The molecule has 0 amide bonds. The Kier molecular flexibility index (Phi) is 7.10. The fourth-order valence-electron chi connectivity index (χ4n) is 6.45. The molecule has 4 heteroatoms. The van der Waals surface area contributed by atoms with Crippen LogP contribution in [0, 0.1) is 0 Å². The van der Waals surface area contributed by atoms with E-state index in [0.717, 1.165) is 60.9 Å². The molecule has 4 nitrogen and oxygen atoms in total. The largest absolute Gasteiger partial charge is 0.455 e. The number of fused-ring (bicyclic) bond motifs is 3. The van der Waals surface area contributed by atoms with Crippen molar-refractivity contribution in [2.24, 2.45) is 0 Å². The van der Waals surface area contributed by atoms with E-state index in [1.807, 2.05) is 30.3 Å². The van der Waals surface area contributed by atoms with Crippen molar-refractivity contribution in [3.05, 3.63) is 176 Å². The van der Waals surface area contributed by atoms with E-state index >= 15 is 0 Å². The maximum Gasteiger partial charge on any atom is 0.164 e. The molecule has 0 saturated carbocycles. The summed E-state index contributed by atoms with van der Waals surface area (Å²) in [4.78, 5) is 15.1. The third-order valence-corrected chi connectivity index (χ3v) is 8.97.